The lowest BCUT2D eigenvalue weighted by Crippen LogP contribution is -2.42. The number of rotatable bonds is 4. The van der Waals surface area contributed by atoms with Crippen molar-refractivity contribution in [3.63, 3.8) is 0 Å². The molecule has 1 aromatic rings. The summed E-state index contributed by atoms with van der Waals surface area (Å²) in [5.74, 6) is -2.32. The number of nitrogens with one attached hydrogen (secondary N) is 1. The molecule has 6 heteroatoms. The van der Waals surface area contributed by atoms with Crippen LogP contribution in [0.5, 0.6) is 5.75 Å². The summed E-state index contributed by atoms with van der Waals surface area (Å²) in [5.41, 5.74) is 0.442. The fourth-order valence-corrected chi connectivity index (χ4v) is 2.90. The van der Waals surface area contributed by atoms with Crippen molar-refractivity contribution in [2.24, 2.45) is 11.8 Å². The van der Waals surface area contributed by atoms with Crippen LogP contribution in [0.2, 0.25) is 5.02 Å². The van der Waals surface area contributed by atoms with Crippen LogP contribution in [0.4, 0.5) is 5.69 Å². The number of hydrogen-bond acceptors (Lipinski definition) is 4. The molecule has 0 spiro atoms. The fraction of sp³-hybridized carbons (Fsp3) is 0.467. The second kappa shape index (κ2) is 6.80. The average Bonchev–Trinajstić information content (AvgIpc) is 2.47. The van der Waals surface area contributed by atoms with Gasteiger partial charge in [0.25, 0.3) is 0 Å². The Balaban J connectivity index is 2.16. The summed E-state index contributed by atoms with van der Waals surface area (Å²) < 4.78 is 5.16. The van der Waals surface area contributed by atoms with Crippen LogP contribution in [0, 0.1) is 11.8 Å². The van der Waals surface area contributed by atoms with Crippen molar-refractivity contribution in [3.05, 3.63) is 23.2 Å². The van der Waals surface area contributed by atoms with Gasteiger partial charge in [0.1, 0.15) is 5.75 Å². The van der Waals surface area contributed by atoms with Crippen LogP contribution in [0.15, 0.2) is 18.2 Å². The molecule has 0 unspecified atom stereocenters. The van der Waals surface area contributed by atoms with Crippen LogP contribution in [-0.2, 0) is 9.59 Å². The number of hydrogen-bond donors (Lipinski definition) is 1. The highest BCUT2D eigenvalue weighted by atomic mass is 35.5. The van der Waals surface area contributed by atoms with E-state index in [0.29, 0.717) is 29.3 Å². The van der Waals surface area contributed by atoms with E-state index in [9.17, 15) is 14.7 Å². The van der Waals surface area contributed by atoms with Gasteiger partial charge < -0.3 is 20.0 Å². The predicted molar refractivity (Wildman–Crippen MR) is 77.1 cm³/mol. The minimum atomic E-state index is -1.16. The molecule has 2 atom stereocenters. The molecule has 0 saturated heterocycles. The van der Waals surface area contributed by atoms with Crippen LogP contribution in [0.3, 0.4) is 0 Å². The molecule has 1 aromatic carbocycles. The van der Waals surface area contributed by atoms with Gasteiger partial charge in [-0.05, 0) is 31.0 Å². The topological polar surface area (TPSA) is 78.5 Å². The molecule has 0 aromatic heterocycles. The maximum atomic E-state index is 12.4. The Hall–Kier alpha value is -1.75. The van der Waals surface area contributed by atoms with E-state index < -0.39 is 17.8 Å². The summed E-state index contributed by atoms with van der Waals surface area (Å²) in [6.45, 7) is 0. The third-order valence-corrected chi connectivity index (χ3v) is 4.06. The molecule has 1 N–H and O–H groups in total. The van der Waals surface area contributed by atoms with E-state index >= 15 is 0 Å². The Labute approximate surface area is 128 Å². The molecule has 1 fully saturated rings. The summed E-state index contributed by atoms with van der Waals surface area (Å²) >= 11 is 5.91. The number of carbonyl (C=O) groups is 2. The molecule has 114 valence electrons. The third kappa shape index (κ3) is 3.67. The van der Waals surface area contributed by atoms with Gasteiger partial charge in [-0.25, -0.2) is 0 Å². The highest BCUT2D eigenvalue weighted by Crippen LogP contribution is 2.33. The fourth-order valence-electron chi connectivity index (χ4n) is 2.73. The zero-order chi connectivity index (χ0) is 15.4. The van der Waals surface area contributed by atoms with Crippen molar-refractivity contribution in [1.82, 2.24) is 0 Å². The van der Waals surface area contributed by atoms with Crippen LogP contribution in [-0.4, -0.2) is 19.0 Å². The van der Waals surface area contributed by atoms with Crippen molar-refractivity contribution in [1.29, 1.82) is 0 Å². The summed E-state index contributed by atoms with van der Waals surface area (Å²) in [5, 5.41) is 14.3. The maximum Gasteiger partial charge on any atom is 0.228 e. The number of methoxy groups -OCH3 is 1. The Morgan fingerprint density at radius 2 is 1.95 bits per heavy atom. The first kappa shape index (κ1) is 15.6. The van der Waals surface area contributed by atoms with Crippen molar-refractivity contribution in [2.75, 3.05) is 12.4 Å². The Kier molecular flexibility index (Phi) is 5.07. The van der Waals surface area contributed by atoms with Crippen molar-refractivity contribution < 1.29 is 19.4 Å². The molecule has 0 bridgehead atoms. The average molecular weight is 311 g/mol. The molecule has 0 aliphatic heterocycles. The molecule has 5 nitrogen and oxygen atoms in total. The third-order valence-electron chi connectivity index (χ3n) is 3.82. The molecular formula is C15H17ClNO4-. The zero-order valence-corrected chi connectivity index (χ0v) is 12.5. The van der Waals surface area contributed by atoms with Gasteiger partial charge in [-0.2, -0.15) is 0 Å². The van der Waals surface area contributed by atoms with Gasteiger partial charge in [0.2, 0.25) is 5.91 Å². The van der Waals surface area contributed by atoms with E-state index in [1.54, 1.807) is 18.2 Å². The SMILES string of the molecule is COc1ccc(Cl)cc1NC(=O)[C@H]1CCCC[C@H]1C(=O)[O-]. The molecule has 2 rings (SSSR count). The summed E-state index contributed by atoms with van der Waals surface area (Å²) in [6.07, 6.45) is 2.68. The van der Waals surface area contributed by atoms with Gasteiger partial charge in [0.15, 0.2) is 0 Å². The highest BCUT2D eigenvalue weighted by Gasteiger charge is 2.32. The Morgan fingerprint density at radius 3 is 2.57 bits per heavy atom. The molecule has 21 heavy (non-hydrogen) atoms. The molecule has 1 aliphatic carbocycles. The van der Waals surface area contributed by atoms with Crippen LogP contribution in [0.25, 0.3) is 0 Å². The van der Waals surface area contributed by atoms with Crippen molar-refractivity contribution in [2.45, 2.75) is 25.7 Å². The smallest absolute Gasteiger partial charge is 0.228 e. The normalized spacial score (nSPS) is 21.6. The first-order chi connectivity index (χ1) is 10.0. The van der Waals surface area contributed by atoms with Gasteiger partial charge in [-0.3, -0.25) is 4.79 Å². The molecule has 1 aliphatic rings. The number of ether oxygens (including phenoxy) is 1. The van der Waals surface area contributed by atoms with Crippen LogP contribution >= 0.6 is 11.6 Å². The predicted octanol–water partition coefficient (Wildman–Crippen LogP) is 1.84. The maximum absolute atomic E-state index is 12.4. The summed E-state index contributed by atoms with van der Waals surface area (Å²) in [4.78, 5) is 23.5. The first-order valence-corrected chi connectivity index (χ1v) is 7.26. The summed E-state index contributed by atoms with van der Waals surface area (Å²) in [6, 6.07) is 4.88. The Bertz CT molecular complexity index is 546. The zero-order valence-electron chi connectivity index (χ0n) is 11.7. The molecule has 0 radical (unpaired) electrons. The molecule has 1 amide bonds. The minimum Gasteiger partial charge on any atom is -0.550 e. The van der Waals surface area contributed by atoms with E-state index in [-0.39, 0.29) is 5.91 Å². The molecule has 1 saturated carbocycles. The summed E-state index contributed by atoms with van der Waals surface area (Å²) in [7, 11) is 1.49. The van der Waals surface area contributed by atoms with E-state index in [2.05, 4.69) is 5.32 Å². The second-order valence-electron chi connectivity index (χ2n) is 5.15. The van der Waals surface area contributed by atoms with Crippen molar-refractivity contribution >= 4 is 29.2 Å². The number of carbonyl (C=O) groups excluding carboxylic acids is 2. The molecular weight excluding hydrogens is 294 g/mol. The number of amides is 1. The largest absolute Gasteiger partial charge is 0.550 e. The van der Waals surface area contributed by atoms with Crippen LogP contribution < -0.4 is 15.2 Å². The number of carboxylic acid groups (broad SMARTS) is 1. The lowest BCUT2D eigenvalue weighted by Gasteiger charge is -2.31. The lowest BCUT2D eigenvalue weighted by molar-refractivity contribution is -0.313. The number of benzene rings is 1. The molecule has 0 heterocycles. The Morgan fingerprint density at radius 1 is 1.29 bits per heavy atom. The van der Waals surface area contributed by atoms with Gasteiger partial charge in [-0.15, -0.1) is 0 Å². The monoisotopic (exact) mass is 310 g/mol. The first-order valence-electron chi connectivity index (χ1n) is 6.88. The quantitative estimate of drug-likeness (QED) is 0.920. The number of anilines is 1. The van der Waals surface area contributed by atoms with Gasteiger partial charge in [-0.1, -0.05) is 24.4 Å². The highest BCUT2D eigenvalue weighted by molar-refractivity contribution is 6.31. The van der Waals surface area contributed by atoms with Gasteiger partial charge in [0.05, 0.1) is 12.8 Å². The van der Waals surface area contributed by atoms with Gasteiger partial charge >= 0.3 is 0 Å². The lowest BCUT2D eigenvalue weighted by atomic mass is 9.78. The van der Waals surface area contributed by atoms with Crippen molar-refractivity contribution in [3.8, 4) is 5.75 Å². The standard InChI is InChI=1S/C15H18ClNO4/c1-21-13-7-6-9(16)8-12(13)17-14(18)10-4-2-3-5-11(10)15(19)20/h6-8,10-11H,2-5H2,1H3,(H,17,18)(H,19,20)/p-1/t10-,11+/m0/s1. The van der Waals surface area contributed by atoms with E-state index in [0.717, 1.165) is 12.8 Å². The number of aliphatic carboxylic acids is 1. The number of halogens is 1. The second-order valence-corrected chi connectivity index (χ2v) is 5.59. The van der Waals surface area contributed by atoms with E-state index in [1.807, 2.05) is 0 Å². The van der Waals surface area contributed by atoms with Gasteiger partial charge in [0, 0.05) is 22.8 Å². The number of carboxylic acids is 1. The van der Waals surface area contributed by atoms with E-state index in [1.165, 1.54) is 7.11 Å². The minimum absolute atomic E-state index is 0.329. The van der Waals surface area contributed by atoms with Crippen LogP contribution in [0.1, 0.15) is 25.7 Å². The van der Waals surface area contributed by atoms with E-state index in [4.69, 9.17) is 16.3 Å².